The quantitative estimate of drug-likeness (QED) is 0.833. The average Bonchev–Trinajstić information content (AvgIpc) is 2.30. The van der Waals surface area contributed by atoms with Crippen LogP contribution in [-0.4, -0.2) is 22.1 Å². The molecule has 2 rings (SSSR count). The SMILES string of the molecule is Cc1ccc2nc(Cl)c(CC(N)C(=O)O)cc2c1. The molecule has 0 bridgehead atoms. The van der Waals surface area contributed by atoms with E-state index in [0.29, 0.717) is 10.7 Å². The molecule has 1 aromatic heterocycles. The molecule has 18 heavy (non-hydrogen) atoms. The van der Waals surface area contributed by atoms with Gasteiger partial charge in [0.05, 0.1) is 5.52 Å². The Morgan fingerprint density at radius 2 is 2.22 bits per heavy atom. The molecule has 0 aliphatic rings. The van der Waals surface area contributed by atoms with E-state index in [1.807, 2.05) is 31.2 Å². The molecule has 0 aliphatic carbocycles. The van der Waals surface area contributed by atoms with Crippen LogP contribution in [0.5, 0.6) is 0 Å². The molecule has 4 nitrogen and oxygen atoms in total. The van der Waals surface area contributed by atoms with Crippen molar-refractivity contribution in [3.8, 4) is 0 Å². The highest BCUT2D eigenvalue weighted by Crippen LogP contribution is 2.22. The highest BCUT2D eigenvalue weighted by Gasteiger charge is 2.15. The molecule has 3 N–H and O–H groups in total. The van der Waals surface area contributed by atoms with Crippen LogP contribution in [0.1, 0.15) is 11.1 Å². The Morgan fingerprint density at radius 1 is 1.50 bits per heavy atom. The van der Waals surface area contributed by atoms with Crippen LogP contribution in [-0.2, 0) is 11.2 Å². The van der Waals surface area contributed by atoms with Gasteiger partial charge in [-0.15, -0.1) is 0 Å². The fraction of sp³-hybridized carbons (Fsp3) is 0.231. The van der Waals surface area contributed by atoms with Crippen LogP contribution in [0, 0.1) is 6.92 Å². The molecule has 0 amide bonds. The lowest BCUT2D eigenvalue weighted by molar-refractivity contribution is -0.138. The number of nitrogens with two attached hydrogens (primary N) is 1. The zero-order valence-corrected chi connectivity index (χ0v) is 10.6. The smallest absolute Gasteiger partial charge is 0.320 e. The lowest BCUT2D eigenvalue weighted by Gasteiger charge is -2.09. The number of hydrogen-bond donors (Lipinski definition) is 2. The van der Waals surface area contributed by atoms with Crippen molar-refractivity contribution in [2.45, 2.75) is 19.4 Å². The molecule has 0 aliphatic heterocycles. The third-order valence-corrected chi connectivity index (χ3v) is 3.08. The third kappa shape index (κ3) is 2.60. The molecule has 0 saturated carbocycles. The Kier molecular flexibility index (Phi) is 3.50. The van der Waals surface area contributed by atoms with Gasteiger partial charge in [0, 0.05) is 11.8 Å². The van der Waals surface area contributed by atoms with E-state index in [-0.39, 0.29) is 6.42 Å². The molecule has 5 heteroatoms. The number of carbonyl (C=O) groups is 1. The minimum atomic E-state index is -1.05. The summed E-state index contributed by atoms with van der Waals surface area (Å²) in [4.78, 5) is 15.0. The largest absolute Gasteiger partial charge is 0.480 e. The van der Waals surface area contributed by atoms with Gasteiger partial charge in [-0.05, 0) is 30.7 Å². The highest BCUT2D eigenvalue weighted by atomic mass is 35.5. The predicted molar refractivity (Wildman–Crippen MR) is 70.8 cm³/mol. The number of carboxylic acids is 1. The van der Waals surface area contributed by atoms with Crippen molar-refractivity contribution in [2.24, 2.45) is 5.73 Å². The minimum absolute atomic E-state index is 0.172. The summed E-state index contributed by atoms with van der Waals surface area (Å²) in [6.45, 7) is 1.98. The first kappa shape index (κ1) is 12.8. The molecule has 0 saturated heterocycles. The molecule has 1 atom stereocenters. The summed E-state index contributed by atoms with van der Waals surface area (Å²) < 4.78 is 0. The average molecular weight is 265 g/mol. The Balaban J connectivity index is 2.44. The molecule has 0 fully saturated rings. The number of rotatable bonds is 3. The van der Waals surface area contributed by atoms with Crippen LogP contribution >= 0.6 is 11.6 Å². The van der Waals surface area contributed by atoms with Gasteiger partial charge in [0.1, 0.15) is 11.2 Å². The van der Waals surface area contributed by atoms with Gasteiger partial charge >= 0.3 is 5.97 Å². The van der Waals surface area contributed by atoms with E-state index in [0.717, 1.165) is 16.5 Å². The number of nitrogens with zero attached hydrogens (tertiary/aromatic N) is 1. The summed E-state index contributed by atoms with van der Waals surface area (Å²) in [5.41, 5.74) is 8.06. The summed E-state index contributed by atoms with van der Waals surface area (Å²) >= 11 is 6.03. The monoisotopic (exact) mass is 264 g/mol. The number of aryl methyl sites for hydroxylation is 1. The summed E-state index contributed by atoms with van der Waals surface area (Å²) in [7, 11) is 0. The number of benzene rings is 1. The van der Waals surface area contributed by atoms with Gasteiger partial charge in [-0.1, -0.05) is 23.2 Å². The molecule has 1 unspecified atom stereocenters. The van der Waals surface area contributed by atoms with Crippen molar-refractivity contribution in [1.82, 2.24) is 4.98 Å². The standard InChI is InChI=1S/C13H13ClN2O2/c1-7-2-3-11-8(4-7)5-9(12(14)16-11)6-10(15)13(17)18/h2-5,10H,6,15H2,1H3,(H,17,18). The van der Waals surface area contributed by atoms with Gasteiger partial charge in [0.25, 0.3) is 0 Å². The van der Waals surface area contributed by atoms with Crippen molar-refractivity contribution < 1.29 is 9.90 Å². The van der Waals surface area contributed by atoms with Crippen LogP contribution in [0.15, 0.2) is 24.3 Å². The van der Waals surface area contributed by atoms with E-state index in [1.54, 1.807) is 0 Å². The van der Waals surface area contributed by atoms with E-state index in [1.165, 1.54) is 0 Å². The van der Waals surface area contributed by atoms with Crippen LogP contribution in [0.4, 0.5) is 0 Å². The summed E-state index contributed by atoms with van der Waals surface area (Å²) in [5, 5.41) is 10.0. The summed E-state index contributed by atoms with van der Waals surface area (Å²) in [5.74, 6) is -1.05. The number of hydrogen-bond acceptors (Lipinski definition) is 3. The summed E-state index contributed by atoms with van der Waals surface area (Å²) in [6, 6.07) is 6.70. The van der Waals surface area contributed by atoms with Crippen molar-refractivity contribution in [1.29, 1.82) is 0 Å². The number of fused-ring (bicyclic) bond motifs is 1. The maximum Gasteiger partial charge on any atom is 0.320 e. The molecule has 0 radical (unpaired) electrons. The van der Waals surface area contributed by atoms with Crippen molar-refractivity contribution in [3.63, 3.8) is 0 Å². The van der Waals surface area contributed by atoms with Gasteiger partial charge in [-0.3, -0.25) is 4.79 Å². The predicted octanol–water partition coefficient (Wildman–Crippen LogP) is 2.15. The maximum absolute atomic E-state index is 10.7. The number of halogens is 1. The molecule has 2 aromatic rings. The Hall–Kier alpha value is -1.65. The molecule has 1 aromatic carbocycles. The third-order valence-electron chi connectivity index (χ3n) is 2.75. The lowest BCUT2D eigenvalue weighted by Crippen LogP contribution is -2.32. The van der Waals surface area contributed by atoms with E-state index in [4.69, 9.17) is 22.4 Å². The van der Waals surface area contributed by atoms with Crippen LogP contribution < -0.4 is 5.73 Å². The van der Waals surface area contributed by atoms with Gasteiger partial charge < -0.3 is 10.8 Å². The first-order valence-electron chi connectivity index (χ1n) is 5.51. The Labute approximate surface area is 109 Å². The first-order valence-corrected chi connectivity index (χ1v) is 5.89. The minimum Gasteiger partial charge on any atom is -0.480 e. The normalized spacial score (nSPS) is 12.6. The van der Waals surface area contributed by atoms with Gasteiger partial charge in [-0.2, -0.15) is 0 Å². The fourth-order valence-corrected chi connectivity index (χ4v) is 2.01. The topological polar surface area (TPSA) is 76.2 Å². The van der Waals surface area contributed by atoms with E-state index >= 15 is 0 Å². The number of carboxylic acid groups (broad SMARTS) is 1. The molecule has 94 valence electrons. The lowest BCUT2D eigenvalue weighted by atomic mass is 10.1. The van der Waals surface area contributed by atoms with Crippen LogP contribution in [0.2, 0.25) is 5.15 Å². The van der Waals surface area contributed by atoms with E-state index < -0.39 is 12.0 Å². The second-order valence-electron chi connectivity index (χ2n) is 4.28. The van der Waals surface area contributed by atoms with Gasteiger partial charge in [0.15, 0.2) is 0 Å². The molecular formula is C13H13ClN2O2. The fourth-order valence-electron chi connectivity index (χ4n) is 1.78. The van der Waals surface area contributed by atoms with Crippen molar-refractivity contribution in [2.75, 3.05) is 0 Å². The first-order chi connectivity index (χ1) is 8.47. The molecule has 0 spiro atoms. The van der Waals surface area contributed by atoms with Crippen molar-refractivity contribution >= 4 is 28.5 Å². The van der Waals surface area contributed by atoms with Crippen LogP contribution in [0.3, 0.4) is 0 Å². The van der Waals surface area contributed by atoms with Gasteiger partial charge in [0.2, 0.25) is 0 Å². The maximum atomic E-state index is 10.7. The highest BCUT2D eigenvalue weighted by molar-refractivity contribution is 6.30. The second-order valence-corrected chi connectivity index (χ2v) is 4.64. The Bertz CT molecular complexity index is 613. The van der Waals surface area contributed by atoms with Gasteiger partial charge in [-0.25, -0.2) is 4.98 Å². The second kappa shape index (κ2) is 4.92. The molecule has 1 heterocycles. The number of aliphatic carboxylic acids is 1. The zero-order chi connectivity index (χ0) is 13.3. The Morgan fingerprint density at radius 3 is 2.89 bits per heavy atom. The number of pyridine rings is 1. The summed E-state index contributed by atoms with van der Waals surface area (Å²) in [6.07, 6.45) is 0.172. The molecular weight excluding hydrogens is 252 g/mol. The number of aromatic nitrogens is 1. The van der Waals surface area contributed by atoms with Crippen LogP contribution in [0.25, 0.3) is 10.9 Å². The van der Waals surface area contributed by atoms with E-state index in [9.17, 15) is 4.79 Å². The van der Waals surface area contributed by atoms with Crippen molar-refractivity contribution in [3.05, 3.63) is 40.5 Å². The van der Waals surface area contributed by atoms with E-state index in [2.05, 4.69) is 4.98 Å². The zero-order valence-electron chi connectivity index (χ0n) is 9.85.